The zero-order valence-corrected chi connectivity index (χ0v) is 11.4. The first-order valence-electron chi connectivity index (χ1n) is 6.82. The fourth-order valence-corrected chi connectivity index (χ4v) is 4.39. The van der Waals surface area contributed by atoms with E-state index in [-0.39, 0.29) is 6.04 Å². The van der Waals surface area contributed by atoms with Crippen LogP contribution in [-0.2, 0) is 10.0 Å². The van der Waals surface area contributed by atoms with Crippen LogP contribution in [0, 0.1) is 5.92 Å². The fraction of sp³-hybridized carbons (Fsp3) is 1.00. The third-order valence-corrected chi connectivity index (χ3v) is 5.32. The molecule has 0 amide bonds. The van der Waals surface area contributed by atoms with Crippen LogP contribution in [0.25, 0.3) is 0 Å². The van der Waals surface area contributed by atoms with Gasteiger partial charge in [-0.15, -0.1) is 0 Å². The Bertz CT molecular complexity index is 330. The standard InChI is InChI=1S/C12H24N2O2S/c1-2-13-11-5-7-12(8-6-11)14-17(15,16)9-10-3-4-10/h10-14H,2-9H2,1H3. The Morgan fingerprint density at radius 3 is 2.12 bits per heavy atom. The van der Waals surface area contributed by atoms with Crippen LogP contribution in [-0.4, -0.2) is 32.8 Å². The molecular formula is C12H24N2O2S. The van der Waals surface area contributed by atoms with E-state index in [0.29, 0.717) is 17.7 Å². The highest BCUT2D eigenvalue weighted by molar-refractivity contribution is 7.89. The number of hydrogen-bond donors (Lipinski definition) is 2. The van der Waals surface area contributed by atoms with Gasteiger partial charge in [-0.3, -0.25) is 0 Å². The minimum Gasteiger partial charge on any atom is -0.314 e. The summed E-state index contributed by atoms with van der Waals surface area (Å²) in [6, 6.07) is 0.762. The molecule has 0 aromatic carbocycles. The van der Waals surface area contributed by atoms with E-state index in [0.717, 1.165) is 45.1 Å². The molecule has 0 bridgehead atoms. The lowest BCUT2D eigenvalue weighted by Crippen LogP contribution is -2.43. The lowest BCUT2D eigenvalue weighted by Gasteiger charge is -2.29. The molecule has 0 aromatic heterocycles. The molecule has 0 spiro atoms. The molecule has 0 aliphatic heterocycles. The molecule has 0 saturated heterocycles. The maximum atomic E-state index is 11.8. The Morgan fingerprint density at radius 1 is 1.00 bits per heavy atom. The minimum atomic E-state index is -3.02. The molecule has 0 atom stereocenters. The minimum absolute atomic E-state index is 0.175. The summed E-state index contributed by atoms with van der Waals surface area (Å²) < 4.78 is 26.5. The average Bonchev–Trinajstić information content (AvgIpc) is 3.04. The zero-order valence-electron chi connectivity index (χ0n) is 10.6. The summed E-state index contributed by atoms with van der Waals surface area (Å²) in [5.41, 5.74) is 0. The molecule has 0 radical (unpaired) electrons. The molecule has 0 unspecified atom stereocenters. The van der Waals surface area contributed by atoms with Crippen molar-refractivity contribution >= 4 is 10.0 Å². The maximum absolute atomic E-state index is 11.8. The summed E-state index contributed by atoms with van der Waals surface area (Å²) in [4.78, 5) is 0. The predicted molar refractivity (Wildman–Crippen MR) is 69.4 cm³/mol. The highest BCUT2D eigenvalue weighted by Gasteiger charge is 2.30. The Labute approximate surface area is 105 Å². The molecule has 2 rings (SSSR count). The van der Waals surface area contributed by atoms with Crippen molar-refractivity contribution in [2.24, 2.45) is 5.92 Å². The number of nitrogens with one attached hydrogen (secondary N) is 2. The van der Waals surface area contributed by atoms with Crippen molar-refractivity contribution in [3.8, 4) is 0 Å². The normalized spacial score (nSPS) is 30.4. The molecule has 5 heteroatoms. The van der Waals surface area contributed by atoms with Crippen LogP contribution in [0.2, 0.25) is 0 Å². The predicted octanol–water partition coefficient (Wildman–Crippen LogP) is 1.24. The summed E-state index contributed by atoms with van der Waals surface area (Å²) in [6.07, 6.45) is 6.31. The van der Waals surface area contributed by atoms with Crippen molar-refractivity contribution in [3.05, 3.63) is 0 Å². The zero-order chi connectivity index (χ0) is 12.3. The third kappa shape index (κ3) is 4.56. The van der Waals surface area contributed by atoms with Gasteiger partial charge < -0.3 is 5.32 Å². The first-order valence-corrected chi connectivity index (χ1v) is 8.47. The highest BCUT2D eigenvalue weighted by Crippen LogP contribution is 2.30. The summed E-state index contributed by atoms with van der Waals surface area (Å²) in [5.74, 6) is 0.783. The highest BCUT2D eigenvalue weighted by atomic mass is 32.2. The van der Waals surface area contributed by atoms with Crippen molar-refractivity contribution in [3.63, 3.8) is 0 Å². The molecule has 2 saturated carbocycles. The van der Waals surface area contributed by atoms with Gasteiger partial charge in [0, 0.05) is 12.1 Å². The van der Waals surface area contributed by atoms with Crippen molar-refractivity contribution in [2.75, 3.05) is 12.3 Å². The first kappa shape index (κ1) is 13.3. The van der Waals surface area contributed by atoms with Crippen molar-refractivity contribution in [1.82, 2.24) is 10.0 Å². The number of sulfonamides is 1. The first-order chi connectivity index (χ1) is 8.09. The molecule has 17 heavy (non-hydrogen) atoms. The molecular weight excluding hydrogens is 236 g/mol. The molecule has 0 aromatic rings. The molecule has 100 valence electrons. The van der Waals surface area contributed by atoms with Gasteiger partial charge in [0.05, 0.1) is 5.75 Å². The lowest BCUT2D eigenvalue weighted by atomic mass is 9.92. The SMILES string of the molecule is CCNC1CCC(NS(=O)(=O)CC2CC2)CC1. The third-order valence-electron chi connectivity index (χ3n) is 3.72. The fourth-order valence-electron chi connectivity index (χ4n) is 2.60. The van der Waals surface area contributed by atoms with E-state index in [9.17, 15) is 8.42 Å². The van der Waals surface area contributed by atoms with Gasteiger partial charge in [0.15, 0.2) is 0 Å². The largest absolute Gasteiger partial charge is 0.314 e. The monoisotopic (exact) mass is 260 g/mol. The quantitative estimate of drug-likeness (QED) is 0.755. The van der Waals surface area contributed by atoms with Gasteiger partial charge in [-0.2, -0.15) is 0 Å². The summed E-state index contributed by atoms with van der Waals surface area (Å²) in [6.45, 7) is 3.12. The molecule has 2 fully saturated rings. The van der Waals surface area contributed by atoms with Gasteiger partial charge in [-0.1, -0.05) is 6.92 Å². The average molecular weight is 260 g/mol. The van der Waals surface area contributed by atoms with Crippen molar-refractivity contribution in [2.45, 2.75) is 57.5 Å². The van der Waals surface area contributed by atoms with E-state index >= 15 is 0 Å². The second-order valence-corrected chi connectivity index (χ2v) is 7.25. The Balaban J connectivity index is 1.73. The van der Waals surface area contributed by atoms with E-state index in [2.05, 4.69) is 17.0 Å². The van der Waals surface area contributed by atoms with Crippen molar-refractivity contribution < 1.29 is 8.42 Å². The molecule has 4 nitrogen and oxygen atoms in total. The van der Waals surface area contributed by atoms with Gasteiger partial charge in [-0.25, -0.2) is 13.1 Å². The molecule has 2 N–H and O–H groups in total. The van der Waals surface area contributed by atoms with E-state index in [1.165, 1.54) is 0 Å². The number of rotatable bonds is 6. The van der Waals surface area contributed by atoms with E-state index in [1.54, 1.807) is 0 Å². The molecule has 2 aliphatic rings. The van der Waals surface area contributed by atoms with Crippen LogP contribution < -0.4 is 10.0 Å². The van der Waals surface area contributed by atoms with E-state index in [4.69, 9.17) is 0 Å². The van der Waals surface area contributed by atoms with E-state index in [1.807, 2.05) is 0 Å². The van der Waals surface area contributed by atoms with Crippen LogP contribution in [0.5, 0.6) is 0 Å². The van der Waals surface area contributed by atoms with Crippen LogP contribution >= 0.6 is 0 Å². The van der Waals surface area contributed by atoms with Crippen LogP contribution in [0.4, 0.5) is 0 Å². The van der Waals surface area contributed by atoms with Gasteiger partial charge in [0.25, 0.3) is 0 Å². The van der Waals surface area contributed by atoms with Gasteiger partial charge >= 0.3 is 0 Å². The smallest absolute Gasteiger partial charge is 0.212 e. The van der Waals surface area contributed by atoms with Gasteiger partial charge in [0.2, 0.25) is 10.0 Å². The Morgan fingerprint density at radius 2 is 1.59 bits per heavy atom. The van der Waals surface area contributed by atoms with Crippen LogP contribution in [0.3, 0.4) is 0 Å². The topological polar surface area (TPSA) is 58.2 Å². The Hall–Kier alpha value is -0.130. The Kier molecular flexibility index (Phi) is 4.44. The van der Waals surface area contributed by atoms with E-state index < -0.39 is 10.0 Å². The van der Waals surface area contributed by atoms with Gasteiger partial charge in [-0.05, 0) is 51.0 Å². The van der Waals surface area contributed by atoms with Crippen LogP contribution in [0.15, 0.2) is 0 Å². The summed E-state index contributed by atoms with van der Waals surface area (Å²) in [7, 11) is -3.02. The second-order valence-electron chi connectivity index (χ2n) is 5.45. The number of hydrogen-bond acceptors (Lipinski definition) is 3. The lowest BCUT2D eigenvalue weighted by molar-refractivity contribution is 0.333. The maximum Gasteiger partial charge on any atom is 0.212 e. The molecule has 0 heterocycles. The summed E-state index contributed by atoms with van der Waals surface area (Å²) >= 11 is 0. The van der Waals surface area contributed by atoms with Crippen LogP contribution in [0.1, 0.15) is 45.4 Å². The molecule has 2 aliphatic carbocycles. The van der Waals surface area contributed by atoms with Gasteiger partial charge in [0.1, 0.15) is 0 Å². The second kappa shape index (κ2) is 5.67. The van der Waals surface area contributed by atoms with Crippen molar-refractivity contribution in [1.29, 1.82) is 0 Å². The summed E-state index contributed by atoms with van der Waals surface area (Å²) in [5, 5.41) is 3.43.